The lowest BCUT2D eigenvalue weighted by molar-refractivity contribution is -0.895. The van der Waals surface area contributed by atoms with Crippen LogP contribution in [-0.4, -0.2) is 19.5 Å². The molecular formula is C23H24N3O2S+. The van der Waals surface area contributed by atoms with Crippen LogP contribution in [0.3, 0.4) is 0 Å². The maximum atomic E-state index is 12.9. The summed E-state index contributed by atoms with van der Waals surface area (Å²) < 4.78 is 5.96. The zero-order valence-corrected chi connectivity index (χ0v) is 17.1. The molecule has 0 fully saturated rings. The fraction of sp³-hybridized carbons (Fsp3) is 0.261. The number of carbonyl (C=O) groups is 1. The van der Waals surface area contributed by atoms with E-state index in [1.165, 1.54) is 15.3 Å². The minimum absolute atomic E-state index is 0.0245. The highest BCUT2D eigenvalue weighted by atomic mass is 32.1. The Morgan fingerprint density at radius 1 is 1.14 bits per heavy atom. The van der Waals surface area contributed by atoms with Gasteiger partial charge in [-0.1, -0.05) is 42.5 Å². The molecule has 29 heavy (non-hydrogen) atoms. The molecule has 148 valence electrons. The largest absolute Gasteiger partial charge is 0.489 e. The Morgan fingerprint density at radius 2 is 2.00 bits per heavy atom. The molecule has 2 aromatic carbocycles. The molecule has 3 heterocycles. The van der Waals surface area contributed by atoms with Crippen molar-refractivity contribution in [1.29, 1.82) is 0 Å². The highest BCUT2D eigenvalue weighted by Gasteiger charge is 2.33. The lowest BCUT2D eigenvalue weighted by atomic mass is 10.0. The van der Waals surface area contributed by atoms with Crippen LogP contribution in [0.25, 0.3) is 0 Å². The van der Waals surface area contributed by atoms with Crippen LogP contribution >= 0.6 is 11.3 Å². The average Bonchev–Trinajstić information content (AvgIpc) is 3.11. The summed E-state index contributed by atoms with van der Waals surface area (Å²) >= 11 is 1.73. The van der Waals surface area contributed by atoms with Crippen LogP contribution in [0.5, 0.6) is 5.75 Å². The molecule has 5 rings (SSSR count). The first-order chi connectivity index (χ1) is 14.2. The van der Waals surface area contributed by atoms with Gasteiger partial charge in [0, 0.05) is 6.42 Å². The normalized spacial score (nSPS) is 20.2. The van der Waals surface area contributed by atoms with Crippen molar-refractivity contribution in [3.63, 3.8) is 0 Å². The minimum Gasteiger partial charge on any atom is -0.489 e. The molecule has 2 atom stereocenters. The van der Waals surface area contributed by atoms with Crippen molar-refractivity contribution in [2.75, 3.05) is 18.9 Å². The Bertz CT molecular complexity index is 1050. The van der Waals surface area contributed by atoms with Crippen LogP contribution in [0.2, 0.25) is 0 Å². The molecule has 3 aromatic rings. The van der Waals surface area contributed by atoms with Gasteiger partial charge in [0.05, 0.1) is 24.0 Å². The quantitative estimate of drug-likeness (QED) is 0.625. The number of likely N-dealkylation sites (N-methyl/N-ethyl adjacent to an activating group) is 1. The van der Waals surface area contributed by atoms with E-state index in [-0.39, 0.29) is 12.1 Å². The standard InChI is InChI=1S/C23H23N3O2S/c1-26-11-10-18-19(13-26)29-23-20(18)22(27)24-21(25-23)16-8-5-9-17(12-16)28-14-15-6-3-2-4-7-15/h2-9,12,21,25H,10-11,13-14H2,1H3,(H,24,27)/p+1/t21-/m1/s1. The number of hydrogen-bond acceptors (Lipinski definition) is 4. The van der Waals surface area contributed by atoms with E-state index in [0.717, 1.165) is 47.0 Å². The number of hydrogen-bond donors (Lipinski definition) is 3. The number of amides is 1. The molecule has 0 saturated heterocycles. The number of rotatable bonds is 4. The van der Waals surface area contributed by atoms with Crippen molar-refractivity contribution in [2.45, 2.75) is 25.7 Å². The van der Waals surface area contributed by atoms with E-state index in [1.54, 1.807) is 11.3 Å². The maximum Gasteiger partial charge on any atom is 0.256 e. The fourth-order valence-electron chi connectivity index (χ4n) is 4.02. The summed E-state index contributed by atoms with van der Waals surface area (Å²) in [4.78, 5) is 15.7. The summed E-state index contributed by atoms with van der Waals surface area (Å²) in [5, 5.41) is 7.66. The van der Waals surface area contributed by atoms with Crippen molar-refractivity contribution >= 4 is 22.2 Å². The lowest BCUT2D eigenvalue weighted by Gasteiger charge is -2.27. The first-order valence-electron chi connectivity index (χ1n) is 9.97. The van der Waals surface area contributed by atoms with Crippen molar-refractivity contribution in [1.82, 2.24) is 5.32 Å². The van der Waals surface area contributed by atoms with E-state index in [1.807, 2.05) is 54.6 Å². The smallest absolute Gasteiger partial charge is 0.256 e. The number of anilines is 1. The third-order valence-electron chi connectivity index (χ3n) is 5.57. The Kier molecular flexibility index (Phi) is 4.73. The predicted molar refractivity (Wildman–Crippen MR) is 115 cm³/mol. The summed E-state index contributed by atoms with van der Waals surface area (Å²) in [5.74, 6) is 0.820. The number of quaternary nitrogens is 1. The number of fused-ring (bicyclic) bond motifs is 3. The zero-order valence-electron chi connectivity index (χ0n) is 16.3. The number of nitrogens with one attached hydrogen (secondary N) is 3. The second kappa shape index (κ2) is 7.54. The molecule has 5 nitrogen and oxygen atoms in total. The van der Waals surface area contributed by atoms with Gasteiger partial charge in [0.25, 0.3) is 5.91 Å². The van der Waals surface area contributed by atoms with Crippen LogP contribution in [0.15, 0.2) is 54.6 Å². The Hall–Kier alpha value is -2.83. The third-order valence-corrected chi connectivity index (χ3v) is 6.74. The van der Waals surface area contributed by atoms with E-state index in [9.17, 15) is 4.79 Å². The summed E-state index contributed by atoms with van der Waals surface area (Å²) in [5.41, 5.74) is 4.20. The van der Waals surface area contributed by atoms with Crippen molar-refractivity contribution in [3.8, 4) is 5.75 Å². The van der Waals surface area contributed by atoms with Crippen molar-refractivity contribution in [3.05, 3.63) is 81.7 Å². The molecule has 1 amide bonds. The van der Waals surface area contributed by atoms with Crippen LogP contribution in [0, 0.1) is 0 Å². The molecule has 0 aliphatic carbocycles. The molecule has 0 spiro atoms. The number of carbonyl (C=O) groups excluding carboxylic acids is 1. The van der Waals surface area contributed by atoms with Crippen LogP contribution in [-0.2, 0) is 19.6 Å². The fourth-order valence-corrected chi connectivity index (χ4v) is 5.41. The molecule has 1 aromatic heterocycles. The summed E-state index contributed by atoms with van der Waals surface area (Å²) in [6, 6.07) is 18.0. The van der Waals surface area contributed by atoms with Crippen molar-refractivity contribution in [2.24, 2.45) is 0 Å². The first-order valence-corrected chi connectivity index (χ1v) is 10.8. The maximum absolute atomic E-state index is 12.9. The average molecular weight is 407 g/mol. The highest BCUT2D eigenvalue weighted by Crippen LogP contribution is 2.39. The van der Waals surface area contributed by atoms with Crippen molar-refractivity contribution < 1.29 is 14.4 Å². The van der Waals surface area contributed by atoms with Gasteiger partial charge in [-0.15, -0.1) is 11.3 Å². The van der Waals surface area contributed by atoms with Gasteiger partial charge in [0.2, 0.25) is 0 Å². The van der Waals surface area contributed by atoms with E-state index in [0.29, 0.717) is 6.61 Å². The molecule has 0 radical (unpaired) electrons. The van der Waals surface area contributed by atoms with Gasteiger partial charge in [-0.05, 0) is 28.8 Å². The number of benzene rings is 2. The first kappa shape index (κ1) is 18.2. The molecule has 6 heteroatoms. The summed E-state index contributed by atoms with van der Waals surface area (Å²) in [6.07, 6.45) is 0.718. The van der Waals surface area contributed by atoms with Crippen LogP contribution < -0.4 is 20.3 Å². The number of ether oxygens (including phenoxy) is 1. The molecule has 2 aliphatic rings. The topological polar surface area (TPSA) is 54.8 Å². The van der Waals surface area contributed by atoms with Gasteiger partial charge >= 0.3 is 0 Å². The summed E-state index contributed by atoms with van der Waals surface area (Å²) in [6.45, 7) is 2.59. The van der Waals surface area contributed by atoms with Gasteiger partial charge in [-0.25, -0.2) is 0 Å². The second-order valence-electron chi connectivity index (χ2n) is 7.74. The Morgan fingerprint density at radius 3 is 2.86 bits per heavy atom. The second-order valence-corrected chi connectivity index (χ2v) is 8.84. The summed E-state index contributed by atoms with van der Waals surface area (Å²) in [7, 11) is 2.21. The predicted octanol–water partition coefficient (Wildman–Crippen LogP) is 2.75. The monoisotopic (exact) mass is 406 g/mol. The van der Waals surface area contributed by atoms with Gasteiger partial charge in [-0.3, -0.25) is 4.79 Å². The van der Waals surface area contributed by atoms with Gasteiger partial charge in [0.15, 0.2) is 0 Å². The van der Waals surface area contributed by atoms with Crippen LogP contribution in [0.1, 0.15) is 38.1 Å². The van der Waals surface area contributed by atoms with Crippen LogP contribution in [0.4, 0.5) is 5.00 Å². The SMILES string of the molecule is C[NH+]1CCc2c(sc3c2C(=O)N[C@@H](c2cccc(OCc4ccccc4)c2)N3)C1. The number of thiophene rings is 1. The third kappa shape index (κ3) is 3.61. The van der Waals surface area contributed by atoms with Gasteiger partial charge in [0.1, 0.15) is 30.1 Å². The molecule has 2 aliphatic heterocycles. The lowest BCUT2D eigenvalue weighted by Crippen LogP contribution is -3.08. The van der Waals surface area contributed by atoms with E-state index in [4.69, 9.17) is 4.74 Å². The highest BCUT2D eigenvalue weighted by molar-refractivity contribution is 7.16. The molecule has 3 N–H and O–H groups in total. The molecule has 1 unspecified atom stereocenters. The van der Waals surface area contributed by atoms with Gasteiger partial charge < -0.3 is 20.3 Å². The minimum atomic E-state index is -0.250. The zero-order chi connectivity index (χ0) is 19.8. The molecule has 0 saturated carbocycles. The van der Waals surface area contributed by atoms with E-state index in [2.05, 4.69) is 17.7 Å². The Balaban J connectivity index is 1.35. The van der Waals surface area contributed by atoms with E-state index < -0.39 is 0 Å². The molecule has 0 bridgehead atoms. The molecular weight excluding hydrogens is 382 g/mol. The van der Waals surface area contributed by atoms with Gasteiger partial charge in [-0.2, -0.15) is 0 Å². The Labute approximate surface area is 174 Å². The van der Waals surface area contributed by atoms with E-state index >= 15 is 0 Å².